The highest BCUT2D eigenvalue weighted by Gasteiger charge is 2.21. The first-order valence-corrected chi connectivity index (χ1v) is 5.98. The first kappa shape index (κ1) is 14.9. The number of carboxylic acid groups (broad SMARTS) is 1. The number of amides is 2. The number of halogens is 1. The van der Waals surface area contributed by atoms with Crippen LogP contribution in [0.1, 0.15) is 19.8 Å². The smallest absolute Gasteiger partial charge is 0.326 e. The van der Waals surface area contributed by atoms with Crippen LogP contribution in [0.5, 0.6) is 0 Å². The lowest BCUT2D eigenvalue weighted by Crippen LogP contribution is -2.46. The molecule has 0 fully saturated rings. The highest BCUT2D eigenvalue weighted by molar-refractivity contribution is 5.93. The maximum absolute atomic E-state index is 12.8. The van der Waals surface area contributed by atoms with Crippen LogP contribution in [-0.2, 0) is 4.79 Å². The third-order valence-corrected chi connectivity index (χ3v) is 2.69. The van der Waals surface area contributed by atoms with Crippen molar-refractivity contribution in [3.05, 3.63) is 30.1 Å². The summed E-state index contributed by atoms with van der Waals surface area (Å²) in [6.07, 6.45) is 1.01. The summed E-state index contributed by atoms with van der Waals surface area (Å²) >= 11 is 0. The molecule has 0 bridgehead atoms. The Morgan fingerprint density at radius 2 is 1.95 bits per heavy atom. The van der Waals surface area contributed by atoms with Crippen LogP contribution in [-0.4, -0.2) is 30.2 Å². The van der Waals surface area contributed by atoms with Crippen molar-refractivity contribution in [2.24, 2.45) is 0 Å². The summed E-state index contributed by atoms with van der Waals surface area (Å²) in [6.45, 7) is 1.84. The minimum Gasteiger partial charge on any atom is -0.480 e. The predicted molar refractivity (Wildman–Crippen MR) is 69.7 cm³/mol. The maximum Gasteiger partial charge on any atom is 0.326 e. The minimum atomic E-state index is -1.07. The van der Waals surface area contributed by atoms with E-state index >= 15 is 0 Å². The van der Waals surface area contributed by atoms with E-state index in [1.54, 1.807) is 0 Å². The highest BCUT2D eigenvalue weighted by atomic mass is 19.1. The van der Waals surface area contributed by atoms with Crippen molar-refractivity contribution < 1.29 is 19.1 Å². The summed E-state index contributed by atoms with van der Waals surface area (Å²) in [6, 6.07) is 3.92. The van der Waals surface area contributed by atoms with E-state index in [0.29, 0.717) is 18.5 Å². The molecule has 2 N–H and O–H groups in total. The van der Waals surface area contributed by atoms with E-state index in [2.05, 4.69) is 5.32 Å². The van der Waals surface area contributed by atoms with Crippen LogP contribution in [0.4, 0.5) is 14.9 Å². The van der Waals surface area contributed by atoms with Crippen LogP contribution in [0.2, 0.25) is 0 Å². The van der Waals surface area contributed by atoms with Gasteiger partial charge in [0.25, 0.3) is 0 Å². The average Bonchev–Trinajstić information content (AvgIpc) is 2.38. The number of aliphatic carboxylic acids is 1. The molecule has 0 aliphatic carbocycles. The molecule has 0 aromatic heterocycles. The van der Waals surface area contributed by atoms with Gasteiger partial charge in [0.1, 0.15) is 11.9 Å². The van der Waals surface area contributed by atoms with Gasteiger partial charge in [-0.3, -0.25) is 4.90 Å². The van der Waals surface area contributed by atoms with Crippen LogP contribution >= 0.6 is 0 Å². The van der Waals surface area contributed by atoms with Gasteiger partial charge in [-0.25, -0.2) is 14.0 Å². The molecule has 104 valence electrons. The Kier molecular flexibility index (Phi) is 5.29. The molecule has 1 aromatic rings. The van der Waals surface area contributed by atoms with Gasteiger partial charge in [-0.1, -0.05) is 13.3 Å². The fourth-order valence-electron chi connectivity index (χ4n) is 1.57. The summed E-state index contributed by atoms with van der Waals surface area (Å²) in [5.74, 6) is -1.46. The zero-order valence-electron chi connectivity index (χ0n) is 10.9. The second-order valence-electron chi connectivity index (χ2n) is 4.16. The molecular weight excluding hydrogens is 251 g/mol. The van der Waals surface area contributed by atoms with E-state index in [1.165, 1.54) is 36.2 Å². The molecule has 0 heterocycles. The molecule has 1 atom stereocenters. The van der Waals surface area contributed by atoms with Crippen LogP contribution in [0.15, 0.2) is 24.3 Å². The third-order valence-electron chi connectivity index (χ3n) is 2.69. The molecule has 1 aromatic carbocycles. The van der Waals surface area contributed by atoms with Gasteiger partial charge in [-0.05, 0) is 30.7 Å². The van der Waals surface area contributed by atoms with Crippen LogP contribution in [0.25, 0.3) is 0 Å². The van der Waals surface area contributed by atoms with E-state index in [-0.39, 0.29) is 0 Å². The molecule has 0 saturated heterocycles. The third kappa shape index (κ3) is 4.24. The van der Waals surface area contributed by atoms with Gasteiger partial charge in [-0.2, -0.15) is 0 Å². The predicted octanol–water partition coefficient (Wildman–Crippen LogP) is 2.22. The Bertz CT molecular complexity index is 448. The quantitative estimate of drug-likeness (QED) is 0.860. The van der Waals surface area contributed by atoms with Crippen LogP contribution in [0.3, 0.4) is 0 Å². The Hall–Kier alpha value is -2.11. The molecule has 0 saturated carbocycles. The monoisotopic (exact) mass is 268 g/mol. The molecular formula is C13H17FN2O3. The molecule has 1 unspecified atom stereocenters. The number of rotatable bonds is 5. The summed E-state index contributed by atoms with van der Waals surface area (Å²) in [5.41, 5.74) is 0.486. The first-order valence-electron chi connectivity index (χ1n) is 5.98. The Labute approximate surface area is 111 Å². The number of benzene rings is 1. The van der Waals surface area contributed by atoms with Gasteiger partial charge in [0.05, 0.1) is 0 Å². The molecule has 19 heavy (non-hydrogen) atoms. The van der Waals surface area contributed by atoms with Crippen LogP contribution in [0, 0.1) is 5.82 Å². The van der Waals surface area contributed by atoms with Gasteiger partial charge in [0, 0.05) is 12.7 Å². The van der Waals surface area contributed by atoms with Gasteiger partial charge >= 0.3 is 12.0 Å². The standard InChI is InChI=1S/C13H17FN2O3/c1-3-4-11(12(17)18)15-13(19)16(2)10-7-5-9(14)6-8-10/h5-8,11H,3-4H2,1-2H3,(H,15,19)(H,17,18). The zero-order valence-corrected chi connectivity index (χ0v) is 10.9. The number of urea groups is 1. The van der Waals surface area contributed by atoms with E-state index < -0.39 is 23.9 Å². The van der Waals surface area contributed by atoms with Gasteiger partial charge < -0.3 is 10.4 Å². The van der Waals surface area contributed by atoms with E-state index in [4.69, 9.17) is 5.11 Å². The van der Waals surface area contributed by atoms with Crippen molar-refractivity contribution in [1.29, 1.82) is 0 Å². The Morgan fingerprint density at radius 1 is 1.37 bits per heavy atom. The van der Waals surface area contributed by atoms with Gasteiger partial charge in [0.2, 0.25) is 0 Å². The second kappa shape index (κ2) is 6.72. The minimum absolute atomic E-state index is 0.359. The summed E-state index contributed by atoms with van der Waals surface area (Å²) in [7, 11) is 1.49. The molecule has 6 heteroatoms. The number of nitrogens with zero attached hydrogens (tertiary/aromatic N) is 1. The van der Waals surface area contributed by atoms with Gasteiger partial charge in [-0.15, -0.1) is 0 Å². The number of nitrogens with one attached hydrogen (secondary N) is 1. The average molecular weight is 268 g/mol. The molecule has 0 aliphatic rings. The topological polar surface area (TPSA) is 69.6 Å². The lowest BCUT2D eigenvalue weighted by molar-refractivity contribution is -0.139. The van der Waals surface area contributed by atoms with Crippen LogP contribution < -0.4 is 10.2 Å². The second-order valence-corrected chi connectivity index (χ2v) is 4.16. The lowest BCUT2D eigenvalue weighted by Gasteiger charge is -2.21. The first-order chi connectivity index (χ1) is 8.95. The summed E-state index contributed by atoms with van der Waals surface area (Å²) in [5, 5.41) is 11.4. The van der Waals surface area contributed by atoms with Crippen molar-refractivity contribution >= 4 is 17.7 Å². The number of carbonyl (C=O) groups is 2. The number of carboxylic acids is 1. The molecule has 0 aliphatic heterocycles. The van der Waals surface area contributed by atoms with E-state index in [0.717, 1.165) is 0 Å². The number of hydrogen-bond acceptors (Lipinski definition) is 2. The van der Waals surface area contributed by atoms with E-state index in [9.17, 15) is 14.0 Å². The Morgan fingerprint density at radius 3 is 2.42 bits per heavy atom. The van der Waals surface area contributed by atoms with Crippen molar-refractivity contribution in [3.63, 3.8) is 0 Å². The van der Waals surface area contributed by atoms with Gasteiger partial charge in [0.15, 0.2) is 0 Å². The van der Waals surface area contributed by atoms with Crippen molar-refractivity contribution in [2.75, 3.05) is 11.9 Å². The molecule has 2 amide bonds. The highest BCUT2D eigenvalue weighted by Crippen LogP contribution is 2.13. The van der Waals surface area contributed by atoms with E-state index in [1.807, 2.05) is 6.92 Å². The number of hydrogen-bond donors (Lipinski definition) is 2. The molecule has 0 radical (unpaired) electrons. The summed E-state index contributed by atoms with van der Waals surface area (Å²) < 4.78 is 12.8. The maximum atomic E-state index is 12.8. The largest absolute Gasteiger partial charge is 0.480 e. The SMILES string of the molecule is CCCC(NC(=O)N(C)c1ccc(F)cc1)C(=O)O. The normalized spacial score (nSPS) is 11.7. The molecule has 0 spiro atoms. The number of anilines is 1. The summed E-state index contributed by atoms with van der Waals surface area (Å²) in [4.78, 5) is 24.1. The number of carbonyl (C=O) groups excluding carboxylic acids is 1. The lowest BCUT2D eigenvalue weighted by atomic mass is 10.2. The Balaban J connectivity index is 2.71. The van der Waals surface area contributed by atoms with Crippen molar-refractivity contribution in [2.45, 2.75) is 25.8 Å². The molecule has 1 rings (SSSR count). The molecule has 5 nitrogen and oxygen atoms in total. The zero-order chi connectivity index (χ0) is 14.4. The van der Waals surface area contributed by atoms with Crippen molar-refractivity contribution in [3.8, 4) is 0 Å². The van der Waals surface area contributed by atoms with Crippen molar-refractivity contribution in [1.82, 2.24) is 5.32 Å². The fraction of sp³-hybridized carbons (Fsp3) is 0.385. The fourth-order valence-corrected chi connectivity index (χ4v) is 1.57.